The van der Waals surface area contributed by atoms with E-state index in [1.165, 1.54) is 11.5 Å². The second-order valence-electron chi connectivity index (χ2n) is 3.61. The fourth-order valence-electron chi connectivity index (χ4n) is 1.45. The Balaban J connectivity index is 2.27. The van der Waals surface area contributed by atoms with Crippen LogP contribution in [-0.4, -0.2) is 27.2 Å². The minimum absolute atomic E-state index is 0.422. The van der Waals surface area contributed by atoms with Gasteiger partial charge in [-0.1, -0.05) is 0 Å². The number of aromatic nitrogens is 2. The van der Waals surface area contributed by atoms with Crippen LogP contribution in [0.4, 0.5) is 5.82 Å². The smallest absolute Gasteiger partial charge is 0.144 e. The number of rotatable bonds is 1. The first kappa shape index (κ1) is 11.1. The lowest BCUT2D eigenvalue weighted by atomic mass is 10.2. The van der Waals surface area contributed by atoms with E-state index in [4.69, 9.17) is 5.73 Å². The molecule has 0 amide bonds. The molecule has 0 saturated carbocycles. The minimum Gasteiger partial charge on any atom is -0.383 e. The zero-order chi connectivity index (χ0) is 10.8. The van der Waals surface area contributed by atoms with E-state index in [-0.39, 0.29) is 0 Å². The summed E-state index contributed by atoms with van der Waals surface area (Å²) in [6.45, 7) is 3.97. The lowest BCUT2D eigenvalue weighted by Gasteiger charge is -2.20. The van der Waals surface area contributed by atoms with Gasteiger partial charge in [-0.15, -0.1) is 11.8 Å². The van der Waals surface area contributed by atoms with Crippen molar-refractivity contribution in [3.63, 3.8) is 0 Å². The highest BCUT2D eigenvalue weighted by Gasteiger charge is 2.20. The van der Waals surface area contributed by atoms with Crippen molar-refractivity contribution in [3.8, 4) is 0 Å². The Hall–Kier alpha value is -0.420. The van der Waals surface area contributed by atoms with Crippen LogP contribution in [-0.2, 0) is 0 Å². The molecule has 3 nitrogen and oxygen atoms in total. The van der Waals surface area contributed by atoms with Crippen LogP contribution in [0.3, 0.4) is 0 Å². The van der Waals surface area contributed by atoms with Gasteiger partial charge in [0, 0.05) is 28.5 Å². The van der Waals surface area contributed by atoms with Crippen molar-refractivity contribution in [2.24, 2.45) is 0 Å². The van der Waals surface area contributed by atoms with Crippen molar-refractivity contribution in [2.45, 2.75) is 19.1 Å². The third-order valence-corrected chi connectivity index (χ3v) is 5.30. The Morgan fingerprint density at radius 1 is 1.27 bits per heavy atom. The van der Waals surface area contributed by atoms with Gasteiger partial charge in [0.05, 0.1) is 5.25 Å². The molecule has 1 fully saturated rings. The highest BCUT2D eigenvalue weighted by molar-refractivity contribution is 8.06. The van der Waals surface area contributed by atoms with Crippen molar-refractivity contribution >= 4 is 29.3 Å². The van der Waals surface area contributed by atoms with Crippen molar-refractivity contribution in [1.29, 1.82) is 0 Å². The molecule has 0 aliphatic carbocycles. The van der Waals surface area contributed by atoms with Crippen LogP contribution in [0.25, 0.3) is 0 Å². The summed E-state index contributed by atoms with van der Waals surface area (Å²) in [5, 5.41) is 0.422. The molecule has 2 heterocycles. The number of hydrogen-bond donors (Lipinski definition) is 1. The van der Waals surface area contributed by atoms with Gasteiger partial charge in [-0.3, -0.25) is 0 Å². The molecule has 1 unspecified atom stereocenters. The van der Waals surface area contributed by atoms with Crippen molar-refractivity contribution in [1.82, 2.24) is 9.97 Å². The van der Waals surface area contributed by atoms with Gasteiger partial charge in [0.25, 0.3) is 0 Å². The zero-order valence-electron chi connectivity index (χ0n) is 8.99. The van der Waals surface area contributed by atoms with E-state index in [0.717, 1.165) is 22.8 Å². The largest absolute Gasteiger partial charge is 0.383 e. The molecule has 82 valence electrons. The molecular formula is C10H15N3S2. The van der Waals surface area contributed by atoms with Crippen LogP contribution in [0, 0.1) is 13.8 Å². The number of thioether (sulfide) groups is 2. The lowest BCUT2D eigenvalue weighted by Crippen LogP contribution is -2.13. The SMILES string of the molecule is Cc1nc(C2CSCCS2)nc(N)c1C. The minimum atomic E-state index is 0.422. The molecule has 2 N–H and O–H groups in total. The molecule has 1 aromatic heterocycles. The molecule has 5 heteroatoms. The Morgan fingerprint density at radius 2 is 2.07 bits per heavy atom. The molecule has 0 aromatic carbocycles. The third kappa shape index (κ3) is 2.39. The predicted molar refractivity (Wildman–Crippen MR) is 68.4 cm³/mol. The van der Waals surface area contributed by atoms with E-state index in [1.54, 1.807) is 0 Å². The highest BCUT2D eigenvalue weighted by atomic mass is 32.2. The van der Waals surface area contributed by atoms with Crippen molar-refractivity contribution in [3.05, 3.63) is 17.1 Å². The summed E-state index contributed by atoms with van der Waals surface area (Å²) in [6, 6.07) is 0. The van der Waals surface area contributed by atoms with Gasteiger partial charge in [0.15, 0.2) is 0 Å². The Morgan fingerprint density at radius 3 is 2.67 bits per heavy atom. The Bertz CT molecular complexity index is 339. The molecule has 0 bridgehead atoms. The summed E-state index contributed by atoms with van der Waals surface area (Å²) in [5.74, 6) is 5.07. The fourth-order valence-corrected chi connectivity index (χ4v) is 4.05. The standard InChI is InChI=1S/C10H15N3S2/c1-6-7(2)12-10(13-9(6)11)8-5-14-3-4-15-8/h8H,3-5H2,1-2H3,(H2,11,12,13). The highest BCUT2D eigenvalue weighted by Crippen LogP contribution is 2.35. The first-order valence-corrected chi connectivity index (χ1v) is 7.19. The first-order valence-electron chi connectivity index (χ1n) is 4.98. The Labute approximate surface area is 98.6 Å². The average Bonchev–Trinajstić information content (AvgIpc) is 2.26. The molecule has 0 spiro atoms. The van der Waals surface area contributed by atoms with E-state index in [2.05, 4.69) is 9.97 Å². The molecule has 1 aromatic rings. The normalized spacial score (nSPS) is 21.6. The maximum atomic E-state index is 5.86. The van der Waals surface area contributed by atoms with Crippen molar-refractivity contribution < 1.29 is 0 Å². The number of nitrogens with two attached hydrogens (primary N) is 1. The second kappa shape index (κ2) is 4.61. The molecule has 1 atom stereocenters. The van der Waals surface area contributed by atoms with Crippen molar-refractivity contribution in [2.75, 3.05) is 23.0 Å². The van der Waals surface area contributed by atoms with Gasteiger partial charge in [0.1, 0.15) is 11.6 Å². The number of anilines is 1. The molecular weight excluding hydrogens is 226 g/mol. The quantitative estimate of drug-likeness (QED) is 0.817. The van der Waals surface area contributed by atoms with Gasteiger partial charge < -0.3 is 5.73 Å². The Kier molecular flexibility index (Phi) is 3.41. The van der Waals surface area contributed by atoms with Crippen LogP contribution in [0.15, 0.2) is 0 Å². The number of hydrogen-bond acceptors (Lipinski definition) is 5. The van der Waals surface area contributed by atoms with E-state index >= 15 is 0 Å². The van der Waals surface area contributed by atoms with Crippen LogP contribution in [0.5, 0.6) is 0 Å². The number of aryl methyl sites for hydroxylation is 1. The topological polar surface area (TPSA) is 51.8 Å². The molecule has 1 saturated heterocycles. The van der Waals surface area contributed by atoms with Gasteiger partial charge in [-0.05, 0) is 13.8 Å². The van der Waals surface area contributed by atoms with E-state index < -0.39 is 0 Å². The van der Waals surface area contributed by atoms with Crippen LogP contribution >= 0.6 is 23.5 Å². The van der Waals surface area contributed by atoms with Gasteiger partial charge in [-0.25, -0.2) is 9.97 Å². The lowest BCUT2D eigenvalue weighted by molar-refractivity contribution is 0.898. The van der Waals surface area contributed by atoms with Crippen LogP contribution in [0.2, 0.25) is 0 Å². The van der Waals surface area contributed by atoms with Gasteiger partial charge >= 0.3 is 0 Å². The van der Waals surface area contributed by atoms with Crippen LogP contribution in [0.1, 0.15) is 22.3 Å². The second-order valence-corrected chi connectivity index (χ2v) is 6.07. The fraction of sp³-hybridized carbons (Fsp3) is 0.600. The molecule has 1 aliphatic rings. The number of nitrogens with zero attached hydrogens (tertiary/aromatic N) is 2. The summed E-state index contributed by atoms with van der Waals surface area (Å²) in [4.78, 5) is 8.92. The van der Waals surface area contributed by atoms with E-state index in [0.29, 0.717) is 11.1 Å². The van der Waals surface area contributed by atoms with E-state index in [9.17, 15) is 0 Å². The summed E-state index contributed by atoms with van der Waals surface area (Å²) in [6.07, 6.45) is 0. The maximum Gasteiger partial charge on any atom is 0.144 e. The summed E-state index contributed by atoms with van der Waals surface area (Å²) >= 11 is 3.91. The van der Waals surface area contributed by atoms with Crippen LogP contribution < -0.4 is 5.73 Å². The van der Waals surface area contributed by atoms with E-state index in [1.807, 2.05) is 37.4 Å². The summed E-state index contributed by atoms with van der Waals surface area (Å²) < 4.78 is 0. The summed E-state index contributed by atoms with van der Waals surface area (Å²) in [7, 11) is 0. The molecule has 15 heavy (non-hydrogen) atoms. The molecule has 1 aliphatic heterocycles. The summed E-state index contributed by atoms with van der Waals surface area (Å²) in [5.41, 5.74) is 7.88. The maximum absolute atomic E-state index is 5.86. The average molecular weight is 241 g/mol. The zero-order valence-corrected chi connectivity index (χ0v) is 10.6. The van der Waals surface area contributed by atoms with Gasteiger partial charge in [0.2, 0.25) is 0 Å². The monoisotopic (exact) mass is 241 g/mol. The molecule has 0 radical (unpaired) electrons. The predicted octanol–water partition coefficient (Wildman–Crippen LogP) is 2.20. The first-order chi connectivity index (χ1) is 7.18. The van der Waals surface area contributed by atoms with Gasteiger partial charge in [-0.2, -0.15) is 11.8 Å². The third-order valence-electron chi connectivity index (χ3n) is 2.55. The molecule has 2 rings (SSSR count). The number of nitrogen functional groups attached to an aromatic ring is 1.